The minimum Gasteiger partial charge on any atom is -0.383 e. The molecule has 162 valence electrons. The SMILES string of the molecule is CCCCn1c(N)c(N(Cc2ccccc2)C(=O)c2ccc(Cl)cc2Cl)c(=O)[nH]c1=O. The van der Waals surface area contributed by atoms with E-state index in [9.17, 15) is 14.4 Å². The minimum atomic E-state index is -0.746. The van der Waals surface area contributed by atoms with Gasteiger partial charge in [0.1, 0.15) is 5.82 Å². The average Bonchev–Trinajstić information content (AvgIpc) is 2.73. The first-order valence-corrected chi connectivity index (χ1v) is 10.5. The maximum atomic E-state index is 13.5. The zero-order chi connectivity index (χ0) is 22.5. The highest BCUT2D eigenvalue weighted by atomic mass is 35.5. The summed E-state index contributed by atoms with van der Waals surface area (Å²) in [5, 5.41) is 0.520. The zero-order valence-corrected chi connectivity index (χ0v) is 18.4. The second-order valence-corrected chi connectivity index (χ2v) is 7.84. The van der Waals surface area contributed by atoms with Crippen molar-refractivity contribution >= 4 is 40.6 Å². The molecule has 0 fully saturated rings. The summed E-state index contributed by atoms with van der Waals surface area (Å²) in [6, 6.07) is 13.6. The fourth-order valence-electron chi connectivity index (χ4n) is 3.20. The van der Waals surface area contributed by atoms with Gasteiger partial charge < -0.3 is 5.73 Å². The van der Waals surface area contributed by atoms with Crippen LogP contribution in [0.4, 0.5) is 11.5 Å². The van der Waals surface area contributed by atoms with Crippen LogP contribution in [0.15, 0.2) is 58.1 Å². The van der Waals surface area contributed by atoms with Crippen molar-refractivity contribution in [3.63, 3.8) is 0 Å². The van der Waals surface area contributed by atoms with Crippen molar-refractivity contribution < 1.29 is 4.79 Å². The Morgan fingerprint density at radius 3 is 2.48 bits per heavy atom. The van der Waals surface area contributed by atoms with Crippen molar-refractivity contribution in [2.24, 2.45) is 0 Å². The molecule has 0 aliphatic carbocycles. The second-order valence-electron chi connectivity index (χ2n) is 7.00. The summed E-state index contributed by atoms with van der Waals surface area (Å²) < 4.78 is 1.27. The van der Waals surface area contributed by atoms with Crippen molar-refractivity contribution in [3.8, 4) is 0 Å². The molecule has 1 amide bonds. The van der Waals surface area contributed by atoms with Gasteiger partial charge in [-0.05, 0) is 30.2 Å². The summed E-state index contributed by atoms with van der Waals surface area (Å²) in [7, 11) is 0. The molecule has 0 aliphatic heterocycles. The Morgan fingerprint density at radius 1 is 1.13 bits per heavy atom. The smallest absolute Gasteiger partial charge is 0.330 e. The number of nitrogens with zero attached hydrogens (tertiary/aromatic N) is 2. The first-order valence-electron chi connectivity index (χ1n) is 9.77. The highest BCUT2D eigenvalue weighted by Crippen LogP contribution is 2.27. The number of aromatic amines is 1. The largest absolute Gasteiger partial charge is 0.383 e. The van der Waals surface area contributed by atoms with Crippen molar-refractivity contribution in [2.45, 2.75) is 32.9 Å². The summed E-state index contributed by atoms with van der Waals surface area (Å²) >= 11 is 12.2. The van der Waals surface area contributed by atoms with Gasteiger partial charge in [0.15, 0.2) is 5.69 Å². The first-order chi connectivity index (χ1) is 14.8. The van der Waals surface area contributed by atoms with Crippen LogP contribution in [0.1, 0.15) is 35.7 Å². The van der Waals surface area contributed by atoms with E-state index < -0.39 is 17.2 Å². The Labute approximate surface area is 189 Å². The second kappa shape index (κ2) is 9.85. The number of aromatic nitrogens is 2. The molecule has 0 atom stereocenters. The number of benzene rings is 2. The molecule has 1 heterocycles. The maximum Gasteiger partial charge on any atom is 0.330 e. The highest BCUT2D eigenvalue weighted by molar-refractivity contribution is 6.37. The number of anilines is 2. The lowest BCUT2D eigenvalue weighted by Gasteiger charge is -2.25. The maximum absolute atomic E-state index is 13.5. The Balaban J connectivity index is 2.18. The zero-order valence-electron chi connectivity index (χ0n) is 16.9. The van der Waals surface area contributed by atoms with Crippen LogP contribution in [0, 0.1) is 0 Å². The van der Waals surface area contributed by atoms with E-state index >= 15 is 0 Å². The molecule has 2 aromatic carbocycles. The van der Waals surface area contributed by atoms with Crippen molar-refractivity contribution in [3.05, 3.63) is 90.5 Å². The van der Waals surface area contributed by atoms with Crippen molar-refractivity contribution in [2.75, 3.05) is 10.6 Å². The van der Waals surface area contributed by atoms with Gasteiger partial charge in [0.25, 0.3) is 11.5 Å². The van der Waals surface area contributed by atoms with Gasteiger partial charge >= 0.3 is 5.69 Å². The molecule has 3 aromatic rings. The molecule has 0 bridgehead atoms. The lowest BCUT2D eigenvalue weighted by atomic mass is 10.1. The fraction of sp³-hybridized carbons (Fsp3) is 0.227. The van der Waals surface area contributed by atoms with E-state index in [-0.39, 0.29) is 28.6 Å². The van der Waals surface area contributed by atoms with E-state index in [2.05, 4.69) is 4.98 Å². The number of hydrogen-bond acceptors (Lipinski definition) is 4. The Morgan fingerprint density at radius 2 is 1.84 bits per heavy atom. The summed E-state index contributed by atoms with van der Waals surface area (Å²) in [4.78, 5) is 42.1. The number of carbonyl (C=O) groups excluding carboxylic acids is 1. The number of H-pyrrole nitrogens is 1. The van der Waals surface area contributed by atoms with Crippen LogP contribution >= 0.6 is 23.2 Å². The van der Waals surface area contributed by atoms with Crippen molar-refractivity contribution in [1.29, 1.82) is 0 Å². The van der Waals surface area contributed by atoms with Gasteiger partial charge in [0, 0.05) is 11.6 Å². The number of amides is 1. The quantitative estimate of drug-likeness (QED) is 0.554. The highest BCUT2D eigenvalue weighted by Gasteiger charge is 2.27. The molecule has 7 nitrogen and oxygen atoms in total. The predicted molar refractivity (Wildman–Crippen MR) is 124 cm³/mol. The molecule has 31 heavy (non-hydrogen) atoms. The number of unbranched alkanes of at least 4 members (excludes halogenated alkanes) is 1. The van der Waals surface area contributed by atoms with Crippen LogP contribution in [-0.4, -0.2) is 15.5 Å². The van der Waals surface area contributed by atoms with Gasteiger partial charge in [-0.25, -0.2) is 4.79 Å². The summed E-state index contributed by atoms with van der Waals surface area (Å²) in [5.41, 5.74) is 5.72. The van der Waals surface area contributed by atoms with Crippen LogP contribution in [0.2, 0.25) is 10.0 Å². The molecule has 1 aromatic heterocycles. The number of nitrogens with one attached hydrogen (secondary N) is 1. The summed E-state index contributed by atoms with van der Waals surface area (Å²) in [5.74, 6) is -0.611. The Kier molecular flexibility index (Phi) is 7.20. The molecule has 0 aliphatic rings. The monoisotopic (exact) mass is 460 g/mol. The molecular weight excluding hydrogens is 439 g/mol. The summed E-state index contributed by atoms with van der Waals surface area (Å²) in [6.45, 7) is 2.35. The molecule has 3 rings (SSSR count). The summed E-state index contributed by atoms with van der Waals surface area (Å²) in [6.07, 6.45) is 1.51. The van der Waals surface area contributed by atoms with Gasteiger partial charge in [0.2, 0.25) is 0 Å². The van der Waals surface area contributed by atoms with Crippen LogP contribution in [0.3, 0.4) is 0 Å². The fourth-order valence-corrected chi connectivity index (χ4v) is 3.69. The van der Waals surface area contributed by atoms with Gasteiger partial charge in [0.05, 0.1) is 17.1 Å². The van der Waals surface area contributed by atoms with Crippen LogP contribution in [0.5, 0.6) is 0 Å². The van der Waals surface area contributed by atoms with E-state index in [1.165, 1.54) is 27.7 Å². The Bertz CT molecular complexity index is 1210. The third kappa shape index (κ3) is 5.00. The molecule has 0 spiro atoms. The van der Waals surface area contributed by atoms with E-state index in [0.29, 0.717) is 18.0 Å². The van der Waals surface area contributed by atoms with Gasteiger partial charge in [-0.3, -0.25) is 24.0 Å². The molecule has 0 saturated heterocycles. The molecule has 0 radical (unpaired) electrons. The van der Waals surface area contributed by atoms with Crippen LogP contribution in [-0.2, 0) is 13.1 Å². The molecular formula is C22H22Cl2N4O3. The van der Waals surface area contributed by atoms with Crippen LogP contribution in [0.25, 0.3) is 0 Å². The lowest BCUT2D eigenvalue weighted by molar-refractivity contribution is 0.0985. The Hall–Kier alpha value is -3.03. The minimum absolute atomic E-state index is 0.0535. The molecule has 0 saturated carbocycles. The molecule has 0 unspecified atom stereocenters. The predicted octanol–water partition coefficient (Wildman–Crippen LogP) is 4.07. The normalized spacial score (nSPS) is 10.8. The molecule has 9 heteroatoms. The average molecular weight is 461 g/mol. The van der Waals surface area contributed by atoms with Crippen molar-refractivity contribution in [1.82, 2.24) is 9.55 Å². The van der Waals surface area contributed by atoms with E-state index in [1.807, 2.05) is 37.3 Å². The number of hydrogen-bond donors (Lipinski definition) is 2. The number of halogens is 2. The number of rotatable bonds is 7. The topological polar surface area (TPSA) is 101 Å². The van der Waals surface area contributed by atoms with Gasteiger partial charge in [-0.15, -0.1) is 0 Å². The first kappa shape index (κ1) is 22.7. The number of nitrogens with two attached hydrogens (primary N) is 1. The third-order valence-corrected chi connectivity index (χ3v) is 5.36. The third-order valence-electron chi connectivity index (χ3n) is 4.81. The number of nitrogen functional groups attached to an aromatic ring is 1. The van der Waals surface area contributed by atoms with Gasteiger partial charge in [-0.2, -0.15) is 0 Å². The van der Waals surface area contributed by atoms with Crippen LogP contribution < -0.4 is 21.9 Å². The van der Waals surface area contributed by atoms with Gasteiger partial charge in [-0.1, -0.05) is 66.9 Å². The van der Waals surface area contributed by atoms with E-state index in [0.717, 1.165) is 12.0 Å². The standard InChI is InChI=1S/C22H22Cl2N4O3/c1-2-3-11-27-19(25)18(20(29)26-22(27)31)28(13-14-7-5-4-6-8-14)21(30)16-10-9-15(23)12-17(16)24/h4-10,12H,2-3,11,13,25H2,1H3,(H,26,29,31). The van der Waals surface area contributed by atoms with E-state index in [4.69, 9.17) is 28.9 Å². The molecule has 3 N–H and O–H groups in total. The number of carbonyl (C=O) groups is 1. The van der Waals surface area contributed by atoms with E-state index in [1.54, 1.807) is 0 Å². The lowest BCUT2D eigenvalue weighted by Crippen LogP contribution is -2.41.